The van der Waals surface area contributed by atoms with Crippen LogP contribution in [0.5, 0.6) is 0 Å². The average molecular weight is 296 g/mol. The summed E-state index contributed by atoms with van der Waals surface area (Å²) in [5, 5.41) is 6.49. The molecule has 2 aliphatic heterocycles. The molecule has 2 rings (SSSR count). The molecule has 2 fully saturated rings. The van der Waals surface area contributed by atoms with Crippen LogP contribution in [0.2, 0.25) is 0 Å². The monoisotopic (exact) mass is 296 g/mol. The van der Waals surface area contributed by atoms with Gasteiger partial charge in [0, 0.05) is 52.2 Å². The van der Waals surface area contributed by atoms with Crippen molar-refractivity contribution in [1.29, 1.82) is 0 Å². The lowest BCUT2D eigenvalue weighted by Crippen LogP contribution is -2.61. The number of piperazine rings is 1. The van der Waals surface area contributed by atoms with E-state index >= 15 is 0 Å². The van der Waals surface area contributed by atoms with Crippen LogP contribution in [0.1, 0.15) is 33.6 Å². The van der Waals surface area contributed by atoms with E-state index in [9.17, 15) is 9.59 Å². The minimum atomic E-state index is -0.472. The van der Waals surface area contributed by atoms with Gasteiger partial charge in [-0.05, 0) is 26.7 Å². The summed E-state index contributed by atoms with van der Waals surface area (Å²) in [5.41, 5.74) is -0.472. The summed E-state index contributed by atoms with van der Waals surface area (Å²) < 4.78 is 0. The zero-order valence-electron chi connectivity index (χ0n) is 13.4. The van der Waals surface area contributed by atoms with Crippen molar-refractivity contribution in [2.45, 2.75) is 45.2 Å². The zero-order chi connectivity index (χ0) is 15.5. The van der Waals surface area contributed by atoms with E-state index in [0.29, 0.717) is 0 Å². The summed E-state index contributed by atoms with van der Waals surface area (Å²) >= 11 is 0. The SMILES string of the molecule is CC(=O)N1CCC(NC(=O)C(C)(C)N2CCNCC2)CC1. The fraction of sp³-hybridized carbons (Fsp3) is 0.867. The van der Waals surface area contributed by atoms with Crippen LogP contribution in [0.4, 0.5) is 0 Å². The maximum Gasteiger partial charge on any atom is 0.240 e. The smallest absolute Gasteiger partial charge is 0.240 e. The second-order valence-corrected chi connectivity index (χ2v) is 6.55. The van der Waals surface area contributed by atoms with E-state index in [0.717, 1.165) is 52.1 Å². The lowest BCUT2D eigenvalue weighted by atomic mass is 9.98. The molecule has 0 bridgehead atoms. The molecule has 0 aromatic rings. The number of likely N-dealkylation sites (tertiary alicyclic amines) is 1. The van der Waals surface area contributed by atoms with Crippen molar-refractivity contribution in [3.8, 4) is 0 Å². The van der Waals surface area contributed by atoms with Gasteiger partial charge in [-0.15, -0.1) is 0 Å². The summed E-state index contributed by atoms with van der Waals surface area (Å²) in [4.78, 5) is 28.0. The normalized spacial score (nSPS) is 22.1. The highest BCUT2D eigenvalue weighted by molar-refractivity contribution is 5.85. The Hall–Kier alpha value is -1.14. The first kappa shape index (κ1) is 16.2. The fourth-order valence-electron chi connectivity index (χ4n) is 3.07. The molecule has 120 valence electrons. The molecule has 0 atom stereocenters. The number of nitrogens with zero attached hydrogens (tertiary/aromatic N) is 2. The Bertz CT molecular complexity index is 383. The minimum absolute atomic E-state index is 0.102. The molecule has 0 saturated carbocycles. The maximum atomic E-state index is 12.6. The molecule has 0 radical (unpaired) electrons. The lowest BCUT2D eigenvalue weighted by molar-refractivity contribution is -0.133. The van der Waals surface area contributed by atoms with Gasteiger partial charge in [-0.2, -0.15) is 0 Å². The van der Waals surface area contributed by atoms with Gasteiger partial charge in [-0.3, -0.25) is 14.5 Å². The third-order valence-corrected chi connectivity index (χ3v) is 4.74. The molecular formula is C15H28N4O2. The van der Waals surface area contributed by atoms with Gasteiger partial charge in [-0.1, -0.05) is 0 Å². The fourth-order valence-corrected chi connectivity index (χ4v) is 3.07. The largest absolute Gasteiger partial charge is 0.352 e. The highest BCUT2D eigenvalue weighted by Crippen LogP contribution is 2.17. The molecule has 2 N–H and O–H groups in total. The molecule has 2 amide bonds. The second-order valence-electron chi connectivity index (χ2n) is 6.55. The number of nitrogens with one attached hydrogen (secondary N) is 2. The van der Waals surface area contributed by atoms with Crippen molar-refractivity contribution in [1.82, 2.24) is 20.4 Å². The van der Waals surface area contributed by atoms with Crippen LogP contribution < -0.4 is 10.6 Å². The number of carbonyl (C=O) groups excluding carboxylic acids is 2. The van der Waals surface area contributed by atoms with Crippen LogP contribution in [0, 0.1) is 0 Å². The first-order chi connectivity index (χ1) is 9.91. The van der Waals surface area contributed by atoms with E-state index in [1.807, 2.05) is 18.7 Å². The van der Waals surface area contributed by atoms with E-state index in [-0.39, 0.29) is 17.9 Å². The number of carbonyl (C=O) groups is 2. The Balaban J connectivity index is 1.84. The number of piperidine rings is 1. The highest BCUT2D eigenvalue weighted by Gasteiger charge is 2.36. The topological polar surface area (TPSA) is 64.7 Å². The van der Waals surface area contributed by atoms with Gasteiger partial charge >= 0.3 is 0 Å². The number of hydrogen-bond acceptors (Lipinski definition) is 4. The Kier molecular flexibility index (Phi) is 5.22. The van der Waals surface area contributed by atoms with Crippen molar-refractivity contribution in [2.24, 2.45) is 0 Å². The van der Waals surface area contributed by atoms with Crippen molar-refractivity contribution in [2.75, 3.05) is 39.3 Å². The quantitative estimate of drug-likeness (QED) is 0.757. The molecule has 0 aliphatic carbocycles. The maximum absolute atomic E-state index is 12.6. The molecule has 2 aliphatic rings. The van der Waals surface area contributed by atoms with Crippen molar-refractivity contribution in [3.05, 3.63) is 0 Å². The van der Waals surface area contributed by atoms with Gasteiger partial charge in [0.25, 0.3) is 0 Å². The predicted molar refractivity (Wildman–Crippen MR) is 81.9 cm³/mol. The number of amides is 2. The van der Waals surface area contributed by atoms with E-state index in [4.69, 9.17) is 0 Å². The molecule has 0 unspecified atom stereocenters. The van der Waals surface area contributed by atoms with Crippen LogP contribution >= 0.6 is 0 Å². The number of hydrogen-bond donors (Lipinski definition) is 2. The van der Waals surface area contributed by atoms with E-state index in [2.05, 4.69) is 15.5 Å². The van der Waals surface area contributed by atoms with Crippen molar-refractivity contribution < 1.29 is 9.59 Å². The Labute approximate surface area is 127 Å². The van der Waals surface area contributed by atoms with Gasteiger partial charge in [0.05, 0.1) is 5.54 Å². The van der Waals surface area contributed by atoms with Crippen molar-refractivity contribution >= 4 is 11.8 Å². The summed E-state index contributed by atoms with van der Waals surface area (Å²) in [7, 11) is 0. The minimum Gasteiger partial charge on any atom is -0.352 e. The van der Waals surface area contributed by atoms with E-state index in [1.165, 1.54) is 0 Å². The van der Waals surface area contributed by atoms with Crippen LogP contribution in [-0.4, -0.2) is 72.5 Å². The zero-order valence-corrected chi connectivity index (χ0v) is 13.4. The van der Waals surface area contributed by atoms with E-state index < -0.39 is 5.54 Å². The van der Waals surface area contributed by atoms with Gasteiger partial charge in [0.15, 0.2) is 0 Å². The van der Waals surface area contributed by atoms with E-state index in [1.54, 1.807) is 6.92 Å². The Morgan fingerprint density at radius 3 is 2.19 bits per heavy atom. The molecule has 0 aromatic heterocycles. The van der Waals surface area contributed by atoms with Gasteiger partial charge in [0.2, 0.25) is 11.8 Å². The summed E-state index contributed by atoms with van der Waals surface area (Å²) in [6, 6.07) is 0.190. The Morgan fingerprint density at radius 1 is 1.10 bits per heavy atom. The molecule has 2 saturated heterocycles. The lowest BCUT2D eigenvalue weighted by Gasteiger charge is -2.41. The highest BCUT2D eigenvalue weighted by atomic mass is 16.2. The first-order valence-electron chi connectivity index (χ1n) is 7.93. The van der Waals surface area contributed by atoms with Crippen LogP contribution in [0.3, 0.4) is 0 Å². The average Bonchev–Trinajstić information content (AvgIpc) is 2.48. The van der Waals surface area contributed by atoms with Crippen LogP contribution in [-0.2, 0) is 9.59 Å². The third-order valence-electron chi connectivity index (χ3n) is 4.74. The predicted octanol–water partition coefficient (Wildman–Crippen LogP) is -0.203. The standard InChI is InChI=1S/C15H28N4O2/c1-12(20)18-8-4-13(5-9-18)17-14(21)15(2,3)19-10-6-16-7-11-19/h13,16H,4-11H2,1-3H3,(H,17,21). The number of rotatable bonds is 3. The first-order valence-corrected chi connectivity index (χ1v) is 7.93. The molecule has 2 heterocycles. The molecule has 6 nitrogen and oxygen atoms in total. The molecule has 21 heavy (non-hydrogen) atoms. The molecule has 6 heteroatoms. The summed E-state index contributed by atoms with van der Waals surface area (Å²) in [6.45, 7) is 10.8. The molecule has 0 spiro atoms. The van der Waals surface area contributed by atoms with Crippen molar-refractivity contribution in [3.63, 3.8) is 0 Å². The second kappa shape index (κ2) is 6.75. The Morgan fingerprint density at radius 2 is 1.67 bits per heavy atom. The molecule has 0 aromatic carbocycles. The summed E-state index contributed by atoms with van der Waals surface area (Å²) in [6.07, 6.45) is 1.70. The van der Waals surface area contributed by atoms with Gasteiger partial charge in [0.1, 0.15) is 0 Å². The third kappa shape index (κ3) is 3.95. The van der Waals surface area contributed by atoms with Gasteiger partial charge in [-0.25, -0.2) is 0 Å². The van der Waals surface area contributed by atoms with Gasteiger partial charge < -0.3 is 15.5 Å². The summed E-state index contributed by atoms with van der Waals surface area (Å²) in [5.74, 6) is 0.228. The van der Waals surface area contributed by atoms with Crippen LogP contribution in [0.15, 0.2) is 0 Å². The van der Waals surface area contributed by atoms with Crippen LogP contribution in [0.25, 0.3) is 0 Å². The molecular weight excluding hydrogens is 268 g/mol.